The molecule has 1 amide bonds. The van der Waals surface area contributed by atoms with E-state index < -0.39 is 10.0 Å². The van der Waals surface area contributed by atoms with E-state index >= 15 is 0 Å². The maximum absolute atomic E-state index is 12.2. The van der Waals surface area contributed by atoms with E-state index in [-0.39, 0.29) is 25.1 Å². The molecule has 1 saturated heterocycles. The van der Waals surface area contributed by atoms with Gasteiger partial charge in [-0.2, -0.15) is 9.40 Å². The zero-order chi connectivity index (χ0) is 17.9. The Bertz CT molecular complexity index is 837. The van der Waals surface area contributed by atoms with E-state index in [1.165, 1.54) is 10.6 Å². The molecule has 3 heterocycles. The lowest BCUT2D eigenvalue weighted by Crippen LogP contribution is -2.49. The van der Waals surface area contributed by atoms with E-state index in [1.807, 2.05) is 0 Å². The van der Waals surface area contributed by atoms with Gasteiger partial charge in [0.25, 0.3) is 5.91 Å². The topological polar surface area (TPSA) is 117 Å². The Morgan fingerprint density at radius 2 is 2.20 bits per heavy atom. The molecule has 2 aromatic rings. The molecule has 2 aromatic heterocycles. The molecule has 3 rings (SSSR count). The molecule has 25 heavy (non-hydrogen) atoms. The van der Waals surface area contributed by atoms with E-state index in [0.717, 1.165) is 5.56 Å². The molecule has 1 aliphatic heterocycles. The number of nitrogens with zero attached hydrogens (tertiary/aromatic N) is 3. The molecule has 0 aromatic carbocycles. The van der Waals surface area contributed by atoms with Crippen LogP contribution in [0.3, 0.4) is 0 Å². The number of ether oxygens (including phenoxy) is 1. The summed E-state index contributed by atoms with van der Waals surface area (Å²) in [6.07, 6.45) is 4.09. The molecule has 1 atom stereocenters. The number of hydrogen-bond donors (Lipinski definition) is 2. The van der Waals surface area contributed by atoms with Gasteiger partial charge in [0.05, 0.1) is 24.7 Å². The van der Waals surface area contributed by atoms with Crippen LogP contribution in [0.4, 0.5) is 0 Å². The smallest absolute Gasteiger partial charge is 0.269 e. The fourth-order valence-corrected chi connectivity index (χ4v) is 3.37. The number of morpholine rings is 1. The van der Waals surface area contributed by atoms with Crippen molar-refractivity contribution in [3.05, 3.63) is 36.3 Å². The van der Waals surface area contributed by atoms with Gasteiger partial charge in [-0.15, -0.1) is 0 Å². The fraction of sp³-hybridized carbons (Fsp3) is 0.400. The highest BCUT2D eigenvalue weighted by atomic mass is 32.2. The lowest BCUT2D eigenvalue weighted by Gasteiger charge is -2.31. The van der Waals surface area contributed by atoms with E-state index in [2.05, 4.69) is 20.5 Å². The second-order valence-electron chi connectivity index (χ2n) is 5.73. The largest absolute Gasteiger partial charge is 0.374 e. The molecule has 1 fully saturated rings. The number of aromatic amines is 1. The maximum atomic E-state index is 12.2. The van der Waals surface area contributed by atoms with Crippen molar-refractivity contribution in [2.24, 2.45) is 0 Å². The number of sulfonamides is 1. The Kier molecular flexibility index (Phi) is 5.11. The SMILES string of the molecule is CS(=O)(=O)N1CCO[C@@H](CNC(=O)c2cc(-c3ccncc3)n[nH]2)C1. The van der Waals surface area contributed by atoms with E-state index in [1.54, 1.807) is 30.6 Å². The quantitative estimate of drug-likeness (QED) is 0.762. The van der Waals surface area contributed by atoms with Crippen molar-refractivity contribution in [1.82, 2.24) is 24.8 Å². The van der Waals surface area contributed by atoms with Crippen LogP contribution in [0.2, 0.25) is 0 Å². The molecule has 0 unspecified atom stereocenters. The van der Waals surface area contributed by atoms with Gasteiger partial charge in [-0.1, -0.05) is 0 Å². The van der Waals surface area contributed by atoms with Crippen molar-refractivity contribution in [1.29, 1.82) is 0 Å². The first-order valence-corrected chi connectivity index (χ1v) is 9.59. The lowest BCUT2D eigenvalue weighted by atomic mass is 10.2. The van der Waals surface area contributed by atoms with Gasteiger partial charge in [0.2, 0.25) is 10.0 Å². The summed E-state index contributed by atoms with van der Waals surface area (Å²) in [5.74, 6) is -0.326. The van der Waals surface area contributed by atoms with Crippen molar-refractivity contribution in [3.63, 3.8) is 0 Å². The van der Waals surface area contributed by atoms with Gasteiger partial charge in [0.1, 0.15) is 5.69 Å². The minimum Gasteiger partial charge on any atom is -0.374 e. The van der Waals surface area contributed by atoms with Crippen LogP contribution in [0, 0.1) is 0 Å². The normalized spacial score (nSPS) is 18.8. The van der Waals surface area contributed by atoms with Gasteiger partial charge in [-0.3, -0.25) is 14.9 Å². The van der Waals surface area contributed by atoms with E-state index in [0.29, 0.717) is 24.5 Å². The van der Waals surface area contributed by atoms with E-state index in [4.69, 9.17) is 4.74 Å². The first kappa shape index (κ1) is 17.5. The second kappa shape index (κ2) is 7.30. The lowest BCUT2D eigenvalue weighted by molar-refractivity contribution is 0.000412. The molecule has 0 aliphatic carbocycles. The number of pyridine rings is 1. The maximum Gasteiger partial charge on any atom is 0.269 e. The summed E-state index contributed by atoms with van der Waals surface area (Å²) >= 11 is 0. The molecule has 10 heteroatoms. The van der Waals surface area contributed by atoms with Gasteiger partial charge in [-0.25, -0.2) is 8.42 Å². The molecule has 134 valence electrons. The van der Waals surface area contributed by atoms with Crippen LogP contribution in [0.5, 0.6) is 0 Å². The molecule has 0 bridgehead atoms. The minimum absolute atomic E-state index is 0.217. The van der Waals surface area contributed by atoms with Crippen LogP contribution in [0.1, 0.15) is 10.5 Å². The Morgan fingerprint density at radius 1 is 1.44 bits per heavy atom. The zero-order valence-corrected chi connectivity index (χ0v) is 14.5. The number of carbonyl (C=O) groups excluding carboxylic acids is 1. The number of H-pyrrole nitrogens is 1. The van der Waals surface area contributed by atoms with Gasteiger partial charge < -0.3 is 10.1 Å². The van der Waals surface area contributed by atoms with Gasteiger partial charge >= 0.3 is 0 Å². The minimum atomic E-state index is -3.26. The van der Waals surface area contributed by atoms with Crippen molar-refractivity contribution in [2.45, 2.75) is 6.10 Å². The predicted molar refractivity (Wildman–Crippen MR) is 90.3 cm³/mol. The number of amides is 1. The highest BCUT2D eigenvalue weighted by Gasteiger charge is 2.26. The summed E-state index contributed by atoms with van der Waals surface area (Å²) in [6.45, 7) is 1.09. The molecule has 2 N–H and O–H groups in total. The average Bonchev–Trinajstić information content (AvgIpc) is 3.10. The summed E-state index contributed by atoms with van der Waals surface area (Å²) in [7, 11) is -3.26. The van der Waals surface area contributed by atoms with Gasteiger partial charge in [0, 0.05) is 37.6 Å². The third-order valence-electron chi connectivity index (χ3n) is 3.86. The molecule has 0 radical (unpaired) electrons. The monoisotopic (exact) mass is 365 g/mol. The zero-order valence-electron chi connectivity index (χ0n) is 13.7. The molecule has 0 saturated carbocycles. The van der Waals surface area contributed by atoms with Crippen LogP contribution in [0.25, 0.3) is 11.3 Å². The standard InChI is InChI=1S/C15H19N5O4S/c1-25(22,23)20-6-7-24-12(10-20)9-17-15(21)14-8-13(18-19-14)11-2-4-16-5-3-11/h2-5,8,12H,6-7,9-10H2,1H3,(H,17,21)(H,18,19)/t12-/m0/s1. The van der Waals surface area contributed by atoms with E-state index in [9.17, 15) is 13.2 Å². The number of carbonyl (C=O) groups is 1. The summed E-state index contributed by atoms with van der Waals surface area (Å²) in [5, 5.41) is 9.55. The number of aromatic nitrogens is 3. The van der Waals surface area contributed by atoms with Crippen molar-refractivity contribution in [2.75, 3.05) is 32.5 Å². The van der Waals surface area contributed by atoms with Gasteiger partial charge in [0.15, 0.2) is 0 Å². The van der Waals surface area contributed by atoms with Crippen LogP contribution in [0.15, 0.2) is 30.6 Å². The van der Waals surface area contributed by atoms with Gasteiger partial charge in [-0.05, 0) is 18.2 Å². The molecular formula is C15H19N5O4S. The summed E-state index contributed by atoms with van der Waals surface area (Å²) < 4.78 is 30.1. The van der Waals surface area contributed by atoms with Crippen molar-refractivity contribution >= 4 is 15.9 Å². The average molecular weight is 365 g/mol. The number of nitrogens with one attached hydrogen (secondary N) is 2. The van der Waals surface area contributed by atoms with Crippen LogP contribution in [-0.4, -0.2) is 72.4 Å². The molecule has 1 aliphatic rings. The molecule has 0 spiro atoms. The Morgan fingerprint density at radius 3 is 2.92 bits per heavy atom. The predicted octanol–water partition coefficient (Wildman–Crippen LogP) is -0.138. The molecular weight excluding hydrogens is 346 g/mol. The Labute approximate surface area is 145 Å². The van der Waals surface area contributed by atoms with Crippen LogP contribution >= 0.6 is 0 Å². The second-order valence-corrected chi connectivity index (χ2v) is 7.71. The van der Waals surface area contributed by atoms with Crippen LogP contribution in [-0.2, 0) is 14.8 Å². The number of hydrogen-bond acceptors (Lipinski definition) is 6. The summed E-state index contributed by atoms with van der Waals surface area (Å²) in [6, 6.07) is 5.25. The Hall–Kier alpha value is -2.30. The summed E-state index contributed by atoms with van der Waals surface area (Å²) in [5.41, 5.74) is 1.82. The van der Waals surface area contributed by atoms with Crippen molar-refractivity contribution < 1.29 is 17.9 Å². The highest BCUT2D eigenvalue weighted by molar-refractivity contribution is 7.88. The third kappa shape index (κ3) is 4.41. The first-order chi connectivity index (χ1) is 11.9. The number of rotatable bonds is 5. The highest BCUT2D eigenvalue weighted by Crippen LogP contribution is 2.16. The third-order valence-corrected chi connectivity index (χ3v) is 5.13. The Balaban J connectivity index is 1.57. The van der Waals surface area contributed by atoms with Crippen LogP contribution < -0.4 is 5.32 Å². The first-order valence-electron chi connectivity index (χ1n) is 7.74. The fourth-order valence-electron chi connectivity index (χ4n) is 2.53. The summed E-state index contributed by atoms with van der Waals surface area (Å²) in [4.78, 5) is 16.2. The van der Waals surface area contributed by atoms with Crippen molar-refractivity contribution in [3.8, 4) is 11.3 Å². The molecule has 9 nitrogen and oxygen atoms in total.